The monoisotopic (exact) mass is 449 g/mol. The molecule has 0 aliphatic heterocycles. The Balaban J connectivity index is 2.22. The minimum atomic E-state index is -0.928. The summed E-state index contributed by atoms with van der Waals surface area (Å²) in [5, 5.41) is 10.1. The van der Waals surface area contributed by atoms with Crippen LogP contribution >= 0.6 is 11.6 Å². The first-order valence-electron chi connectivity index (χ1n) is 9.80. The van der Waals surface area contributed by atoms with Gasteiger partial charge in [0.05, 0.1) is 22.6 Å². The van der Waals surface area contributed by atoms with Gasteiger partial charge in [0.2, 0.25) is 0 Å². The number of hydrogen-bond donors (Lipinski definition) is 1. The highest BCUT2D eigenvalue weighted by Gasteiger charge is 2.29. The molecule has 164 valence electrons. The first kappa shape index (κ1) is 22.7. The van der Waals surface area contributed by atoms with Crippen molar-refractivity contribution in [3.63, 3.8) is 0 Å². The SMILES string of the molecule is CCC(C)OC(=O)C(C)c1c(C)n(C(=O)c2ccc(Cl)c(F)c2)c2cc(F)c(O)cc12. The lowest BCUT2D eigenvalue weighted by molar-refractivity contribution is -0.149. The van der Waals surface area contributed by atoms with Crippen molar-refractivity contribution >= 4 is 34.4 Å². The fraction of sp³-hybridized carbons (Fsp3) is 0.304. The van der Waals surface area contributed by atoms with E-state index in [0.29, 0.717) is 23.1 Å². The molecule has 0 fully saturated rings. The molecular formula is C23H22ClF2NO4. The van der Waals surface area contributed by atoms with E-state index in [0.717, 1.165) is 12.1 Å². The highest BCUT2D eigenvalue weighted by Crippen LogP contribution is 2.36. The van der Waals surface area contributed by atoms with Gasteiger partial charge in [0, 0.05) is 22.7 Å². The average molecular weight is 450 g/mol. The summed E-state index contributed by atoms with van der Waals surface area (Å²) < 4.78 is 34.7. The lowest BCUT2D eigenvalue weighted by atomic mass is 9.97. The average Bonchev–Trinajstić information content (AvgIpc) is 2.99. The standard InChI is InChI=1S/C23H22ClF2NO4/c1-5-11(2)31-23(30)12(3)21-13(4)27(19-10-18(26)20(28)9-15(19)21)22(29)14-6-7-16(24)17(25)8-14/h6-12,28H,5H2,1-4H3. The fourth-order valence-electron chi connectivity index (χ4n) is 3.52. The van der Waals surface area contributed by atoms with Gasteiger partial charge >= 0.3 is 5.97 Å². The Morgan fingerprint density at radius 3 is 2.45 bits per heavy atom. The molecule has 3 rings (SSSR count). The van der Waals surface area contributed by atoms with Crippen molar-refractivity contribution in [3.8, 4) is 5.75 Å². The van der Waals surface area contributed by atoms with Gasteiger partial charge in [0.1, 0.15) is 5.82 Å². The minimum Gasteiger partial charge on any atom is -0.505 e. The molecule has 0 saturated carbocycles. The predicted molar refractivity (Wildman–Crippen MR) is 114 cm³/mol. The lowest BCUT2D eigenvalue weighted by Crippen LogP contribution is -2.20. The van der Waals surface area contributed by atoms with E-state index >= 15 is 0 Å². The van der Waals surface area contributed by atoms with Gasteiger partial charge in [-0.1, -0.05) is 18.5 Å². The highest BCUT2D eigenvalue weighted by molar-refractivity contribution is 6.30. The second-order valence-corrected chi connectivity index (χ2v) is 7.87. The molecule has 0 amide bonds. The number of ether oxygens (including phenoxy) is 1. The van der Waals surface area contributed by atoms with Crippen molar-refractivity contribution in [2.75, 3.05) is 0 Å². The summed E-state index contributed by atoms with van der Waals surface area (Å²) in [6.45, 7) is 6.86. The van der Waals surface area contributed by atoms with Crippen LogP contribution in [-0.4, -0.2) is 27.7 Å². The molecule has 8 heteroatoms. The summed E-state index contributed by atoms with van der Waals surface area (Å²) in [7, 11) is 0. The molecule has 0 aliphatic rings. The number of fused-ring (bicyclic) bond motifs is 1. The molecular weight excluding hydrogens is 428 g/mol. The zero-order valence-electron chi connectivity index (χ0n) is 17.5. The van der Waals surface area contributed by atoms with Crippen molar-refractivity contribution in [1.29, 1.82) is 0 Å². The summed E-state index contributed by atoms with van der Waals surface area (Å²) >= 11 is 5.71. The van der Waals surface area contributed by atoms with Crippen LogP contribution in [0.3, 0.4) is 0 Å². The van der Waals surface area contributed by atoms with Gasteiger partial charge in [0.15, 0.2) is 11.6 Å². The summed E-state index contributed by atoms with van der Waals surface area (Å²) in [4.78, 5) is 25.9. The van der Waals surface area contributed by atoms with Crippen LogP contribution in [0.2, 0.25) is 5.02 Å². The van der Waals surface area contributed by atoms with Gasteiger partial charge in [-0.15, -0.1) is 0 Å². The van der Waals surface area contributed by atoms with E-state index in [4.69, 9.17) is 16.3 Å². The Labute approximate surface area is 183 Å². The van der Waals surface area contributed by atoms with E-state index in [1.807, 2.05) is 6.92 Å². The molecule has 1 N–H and O–H groups in total. The number of carbonyl (C=O) groups is 2. The van der Waals surface area contributed by atoms with E-state index < -0.39 is 35.2 Å². The summed E-state index contributed by atoms with van der Waals surface area (Å²) in [6, 6.07) is 5.79. The number of rotatable bonds is 5. The van der Waals surface area contributed by atoms with Crippen molar-refractivity contribution in [3.05, 3.63) is 63.8 Å². The number of hydrogen-bond acceptors (Lipinski definition) is 4. The Morgan fingerprint density at radius 1 is 1.16 bits per heavy atom. The lowest BCUT2D eigenvalue weighted by Gasteiger charge is -2.16. The van der Waals surface area contributed by atoms with Crippen LogP contribution in [0, 0.1) is 18.6 Å². The Kier molecular flexibility index (Phi) is 6.36. The first-order chi connectivity index (χ1) is 14.6. The molecule has 0 radical (unpaired) electrons. The van der Waals surface area contributed by atoms with Gasteiger partial charge < -0.3 is 9.84 Å². The summed E-state index contributed by atoms with van der Waals surface area (Å²) in [5.74, 6) is -4.24. The minimum absolute atomic E-state index is 0.00299. The van der Waals surface area contributed by atoms with E-state index in [9.17, 15) is 23.5 Å². The van der Waals surface area contributed by atoms with E-state index in [1.54, 1.807) is 20.8 Å². The maximum atomic E-state index is 14.2. The second kappa shape index (κ2) is 8.67. The molecule has 2 aromatic carbocycles. The first-order valence-corrected chi connectivity index (χ1v) is 10.2. The van der Waals surface area contributed by atoms with Crippen molar-refractivity contribution in [1.82, 2.24) is 4.57 Å². The maximum Gasteiger partial charge on any atom is 0.313 e. The van der Waals surface area contributed by atoms with E-state index in [-0.39, 0.29) is 22.2 Å². The largest absolute Gasteiger partial charge is 0.505 e. The number of aromatic nitrogens is 1. The van der Waals surface area contributed by atoms with Gasteiger partial charge in [-0.3, -0.25) is 14.2 Å². The maximum absolute atomic E-state index is 14.2. The van der Waals surface area contributed by atoms with E-state index in [2.05, 4.69) is 0 Å². The second-order valence-electron chi connectivity index (χ2n) is 7.47. The number of nitrogens with zero attached hydrogens (tertiary/aromatic N) is 1. The predicted octanol–water partition coefficient (Wildman–Crippen LogP) is 5.72. The molecule has 1 heterocycles. The third-order valence-electron chi connectivity index (χ3n) is 5.37. The molecule has 2 atom stereocenters. The zero-order chi connectivity index (χ0) is 23.0. The number of phenols is 1. The molecule has 2 unspecified atom stereocenters. The van der Waals surface area contributed by atoms with Gasteiger partial charge in [-0.2, -0.15) is 0 Å². The van der Waals surface area contributed by atoms with Crippen LogP contribution in [0.5, 0.6) is 5.75 Å². The Bertz CT molecular complexity index is 1190. The normalized spacial score (nSPS) is 13.3. The molecule has 31 heavy (non-hydrogen) atoms. The molecule has 5 nitrogen and oxygen atoms in total. The number of aromatic hydroxyl groups is 1. The molecule has 0 spiro atoms. The third kappa shape index (κ3) is 4.14. The van der Waals surface area contributed by atoms with Crippen LogP contribution in [-0.2, 0) is 9.53 Å². The number of esters is 1. The molecule has 3 aromatic rings. The number of benzene rings is 2. The van der Waals surface area contributed by atoms with Crippen LogP contribution in [0.15, 0.2) is 30.3 Å². The number of carbonyl (C=O) groups excluding carboxylic acids is 2. The molecule has 0 bridgehead atoms. The molecule has 0 saturated heterocycles. The van der Waals surface area contributed by atoms with Crippen LogP contribution in [0.4, 0.5) is 8.78 Å². The topological polar surface area (TPSA) is 68.5 Å². The third-order valence-corrected chi connectivity index (χ3v) is 5.68. The van der Waals surface area contributed by atoms with Crippen LogP contribution < -0.4 is 0 Å². The van der Waals surface area contributed by atoms with Crippen LogP contribution in [0.1, 0.15) is 54.7 Å². The van der Waals surface area contributed by atoms with Gasteiger partial charge in [-0.05, 0) is 57.0 Å². The zero-order valence-corrected chi connectivity index (χ0v) is 18.3. The van der Waals surface area contributed by atoms with E-state index in [1.165, 1.54) is 22.8 Å². The van der Waals surface area contributed by atoms with Crippen molar-refractivity contribution in [2.45, 2.75) is 46.1 Å². The fourth-order valence-corrected chi connectivity index (χ4v) is 3.63. The quantitative estimate of drug-likeness (QED) is 0.506. The van der Waals surface area contributed by atoms with Crippen LogP contribution in [0.25, 0.3) is 10.9 Å². The number of phenolic OH excluding ortho intramolecular Hbond substituents is 1. The molecule has 0 aliphatic carbocycles. The summed E-state index contributed by atoms with van der Waals surface area (Å²) in [5.41, 5.74) is 0.915. The smallest absolute Gasteiger partial charge is 0.313 e. The Hall–Kier alpha value is -2.93. The number of halogens is 3. The molecule has 1 aromatic heterocycles. The summed E-state index contributed by atoms with van der Waals surface area (Å²) in [6.07, 6.45) is 0.333. The van der Waals surface area contributed by atoms with Gasteiger partial charge in [-0.25, -0.2) is 8.78 Å². The van der Waals surface area contributed by atoms with Crippen molar-refractivity contribution < 1.29 is 28.2 Å². The van der Waals surface area contributed by atoms with Crippen molar-refractivity contribution in [2.24, 2.45) is 0 Å². The Morgan fingerprint density at radius 2 is 1.84 bits per heavy atom. The highest BCUT2D eigenvalue weighted by atomic mass is 35.5. The van der Waals surface area contributed by atoms with Gasteiger partial charge in [0.25, 0.3) is 5.91 Å².